The van der Waals surface area contributed by atoms with E-state index in [1.807, 2.05) is 6.07 Å². The van der Waals surface area contributed by atoms with E-state index >= 15 is 0 Å². The minimum absolute atomic E-state index is 0.0693. The maximum Gasteiger partial charge on any atom is 0.230 e. The summed E-state index contributed by atoms with van der Waals surface area (Å²) in [5.41, 5.74) is 0.0693. The van der Waals surface area contributed by atoms with Crippen molar-refractivity contribution in [3.8, 4) is 10.7 Å². The maximum atomic E-state index is 13.0. The molecule has 1 N–H and O–H groups in total. The molecule has 0 unspecified atom stereocenters. The molecule has 5 aliphatic rings. The normalized spacial score (nSPS) is 33.8. The van der Waals surface area contributed by atoms with E-state index < -0.39 is 0 Å². The summed E-state index contributed by atoms with van der Waals surface area (Å²) in [4.78, 5) is 14.1. The van der Waals surface area contributed by atoms with Crippen molar-refractivity contribution in [1.29, 1.82) is 0 Å². The lowest BCUT2D eigenvalue weighted by molar-refractivity contribution is -0.124. The number of aromatic nitrogens is 3. The summed E-state index contributed by atoms with van der Waals surface area (Å²) >= 11 is 3.18. The molecule has 6 nitrogen and oxygen atoms in total. The topological polar surface area (TPSA) is 69.0 Å². The Balaban J connectivity index is 1.14. The number of rotatable bonds is 7. The molecule has 166 valence electrons. The second kappa shape index (κ2) is 8.19. The van der Waals surface area contributed by atoms with Crippen LogP contribution in [-0.2, 0) is 16.1 Å². The molecule has 1 aliphatic heterocycles. The van der Waals surface area contributed by atoms with Crippen molar-refractivity contribution in [3.63, 3.8) is 0 Å². The van der Waals surface area contributed by atoms with Gasteiger partial charge < -0.3 is 10.1 Å². The molecule has 2 aromatic rings. The summed E-state index contributed by atoms with van der Waals surface area (Å²) < 4.78 is 8.03. The van der Waals surface area contributed by atoms with Gasteiger partial charge in [0.25, 0.3) is 0 Å². The first-order valence-corrected chi connectivity index (χ1v) is 13.5. The van der Waals surface area contributed by atoms with Crippen molar-refractivity contribution in [2.45, 2.75) is 74.7 Å². The molecule has 0 radical (unpaired) electrons. The number of thiophene rings is 1. The van der Waals surface area contributed by atoms with Crippen LogP contribution in [0.4, 0.5) is 0 Å². The third kappa shape index (κ3) is 4.07. The third-order valence-electron chi connectivity index (χ3n) is 7.64. The molecule has 3 heterocycles. The van der Waals surface area contributed by atoms with Crippen LogP contribution in [-0.4, -0.2) is 44.7 Å². The van der Waals surface area contributed by atoms with Gasteiger partial charge in [-0.15, -0.1) is 21.5 Å². The van der Waals surface area contributed by atoms with E-state index in [1.54, 1.807) is 11.3 Å². The zero-order valence-corrected chi connectivity index (χ0v) is 19.4. The van der Waals surface area contributed by atoms with Gasteiger partial charge in [0.2, 0.25) is 5.91 Å². The fourth-order valence-corrected chi connectivity index (χ4v) is 8.33. The van der Waals surface area contributed by atoms with E-state index in [2.05, 4.69) is 31.5 Å². The molecular weight excluding hydrogens is 428 g/mol. The van der Waals surface area contributed by atoms with Crippen LogP contribution in [0.1, 0.15) is 51.4 Å². The molecule has 1 amide bonds. The molecule has 8 heteroatoms. The summed E-state index contributed by atoms with van der Waals surface area (Å²) in [6, 6.07) is 4.12. The highest BCUT2D eigenvalue weighted by molar-refractivity contribution is 7.99. The number of hydrogen-bond acceptors (Lipinski definition) is 6. The minimum Gasteiger partial charge on any atom is -0.376 e. The first-order valence-electron chi connectivity index (χ1n) is 11.7. The number of hydrogen-bond donors (Lipinski definition) is 1. The van der Waals surface area contributed by atoms with Crippen molar-refractivity contribution in [1.82, 2.24) is 20.1 Å². The Labute approximate surface area is 191 Å². The lowest BCUT2D eigenvalue weighted by atomic mass is 9.53. The fraction of sp³-hybridized carbons (Fsp3) is 0.696. The van der Waals surface area contributed by atoms with Gasteiger partial charge in [-0.3, -0.25) is 9.36 Å². The zero-order valence-electron chi connectivity index (χ0n) is 17.8. The quantitative estimate of drug-likeness (QED) is 0.624. The molecule has 1 atom stereocenters. The van der Waals surface area contributed by atoms with Gasteiger partial charge in [0.15, 0.2) is 11.0 Å². The standard InChI is InChI=1S/C23H30N4O2S2/c28-20(24-23-10-15-7-16(11-23)9-17(8-15)12-23)14-31-22-26-25-21(19-4-2-6-30-19)27(22)13-18-3-1-5-29-18/h2,4,6,15-18H,1,3,5,7-14H2,(H,24,28)/t15?,16?,17?,18-,23?/m0/s1. The molecule has 31 heavy (non-hydrogen) atoms. The van der Waals surface area contributed by atoms with Crippen LogP contribution in [0.3, 0.4) is 0 Å². The highest BCUT2D eigenvalue weighted by Gasteiger charge is 2.51. The first-order chi connectivity index (χ1) is 15.2. The molecule has 4 bridgehead atoms. The van der Waals surface area contributed by atoms with Gasteiger partial charge >= 0.3 is 0 Å². The van der Waals surface area contributed by atoms with Crippen molar-refractivity contribution < 1.29 is 9.53 Å². The van der Waals surface area contributed by atoms with Gasteiger partial charge in [0.05, 0.1) is 23.3 Å². The fourth-order valence-electron chi connectivity index (χ4n) is 6.87. The van der Waals surface area contributed by atoms with Gasteiger partial charge in [-0.2, -0.15) is 0 Å². The lowest BCUT2D eigenvalue weighted by Gasteiger charge is -2.56. The maximum absolute atomic E-state index is 13.0. The number of thioether (sulfide) groups is 1. The van der Waals surface area contributed by atoms with Crippen LogP contribution < -0.4 is 5.32 Å². The Morgan fingerprint density at radius 3 is 2.65 bits per heavy atom. The van der Waals surface area contributed by atoms with E-state index in [4.69, 9.17) is 4.74 Å². The number of nitrogens with one attached hydrogen (secondary N) is 1. The average Bonchev–Trinajstić information content (AvgIpc) is 3.48. The Hall–Kier alpha value is -1.38. The third-order valence-corrected chi connectivity index (χ3v) is 9.48. The van der Waals surface area contributed by atoms with Gasteiger partial charge in [0.1, 0.15) is 0 Å². The number of carbonyl (C=O) groups excluding carboxylic acids is 1. The predicted octanol–water partition coefficient (Wildman–Crippen LogP) is 4.36. The monoisotopic (exact) mass is 458 g/mol. The smallest absolute Gasteiger partial charge is 0.230 e. The largest absolute Gasteiger partial charge is 0.376 e. The van der Waals surface area contributed by atoms with Crippen LogP contribution in [0.5, 0.6) is 0 Å². The Bertz CT molecular complexity index is 900. The number of amides is 1. The average molecular weight is 459 g/mol. The molecule has 5 fully saturated rings. The Morgan fingerprint density at radius 1 is 1.23 bits per heavy atom. The van der Waals surface area contributed by atoms with Crippen molar-refractivity contribution in [2.24, 2.45) is 17.8 Å². The van der Waals surface area contributed by atoms with E-state index in [-0.39, 0.29) is 17.6 Å². The van der Waals surface area contributed by atoms with E-state index in [1.165, 1.54) is 50.3 Å². The van der Waals surface area contributed by atoms with Crippen LogP contribution in [0.2, 0.25) is 0 Å². The van der Waals surface area contributed by atoms with E-state index in [0.29, 0.717) is 5.75 Å². The molecule has 0 aromatic carbocycles. The van der Waals surface area contributed by atoms with Gasteiger partial charge in [-0.05, 0) is 80.6 Å². The summed E-state index contributed by atoms with van der Waals surface area (Å²) in [7, 11) is 0. The lowest BCUT2D eigenvalue weighted by Crippen LogP contribution is -2.60. The van der Waals surface area contributed by atoms with Crippen LogP contribution in [0.25, 0.3) is 10.7 Å². The highest BCUT2D eigenvalue weighted by Crippen LogP contribution is 2.55. The summed E-state index contributed by atoms with van der Waals surface area (Å²) in [6.07, 6.45) is 10.1. The van der Waals surface area contributed by atoms with Crippen molar-refractivity contribution >= 4 is 29.0 Å². The van der Waals surface area contributed by atoms with Crippen LogP contribution >= 0.6 is 23.1 Å². The molecular formula is C23H30N4O2S2. The molecule has 0 spiro atoms. The number of carbonyl (C=O) groups is 1. The number of ether oxygens (including phenoxy) is 1. The van der Waals surface area contributed by atoms with Gasteiger partial charge in [-0.1, -0.05) is 17.8 Å². The second-order valence-electron chi connectivity index (χ2n) is 10.1. The Morgan fingerprint density at radius 2 is 2.00 bits per heavy atom. The molecule has 7 rings (SSSR count). The van der Waals surface area contributed by atoms with Gasteiger partial charge in [-0.25, -0.2) is 0 Å². The zero-order chi connectivity index (χ0) is 20.8. The van der Waals surface area contributed by atoms with Gasteiger partial charge in [0, 0.05) is 12.1 Å². The van der Waals surface area contributed by atoms with Crippen LogP contribution in [0.15, 0.2) is 22.7 Å². The van der Waals surface area contributed by atoms with E-state index in [0.717, 1.165) is 59.6 Å². The minimum atomic E-state index is 0.0693. The highest BCUT2D eigenvalue weighted by atomic mass is 32.2. The summed E-state index contributed by atoms with van der Waals surface area (Å²) in [5.74, 6) is 3.94. The SMILES string of the molecule is O=C(CSc1nnc(-c2cccs2)n1C[C@@H]1CCCO1)NC12CC3CC(CC(C3)C1)C2. The van der Waals surface area contributed by atoms with Crippen molar-refractivity contribution in [2.75, 3.05) is 12.4 Å². The Kier molecular flexibility index (Phi) is 5.35. The number of nitrogens with zero attached hydrogens (tertiary/aromatic N) is 3. The van der Waals surface area contributed by atoms with Crippen LogP contribution in [0, 0.1) is 17.8 Å². The van der Waals surface area contributed by atoms with Crippen molar-refractivity contribution in [3.05, 3.63) is 17.5 Å². The molecule has 1 saturated heterocycles. The molecule has 2 aromatic heterocycles. The van der Waals surface area contributed by atoms with E-state index in [9.17, 15) is 4.79 Å². The first kappa shape index (κ1) is 20.2. The summed E-state index contributed by atoms with van der Waals surface area (Å²) in [6.45, 7) is 1.58. The predicted molar refractivity (Wildman–Crippen MR) is 122 cm³/mol. The summed E-state index contributed by atoms with van der Waals surface area (Å²) in [5, 5.41) is 15.3. The molecule has 4 aliphatic carbocycles. The second-order valence-corrected chi connectivity index (χ2v) is 12.0. The molecule has 4 saturated carbocycles.